The Labute approximate surface area is 114 Å². The van der Waals surface area contributed by atoms with Crippen molar-refractivity contribution < 1.29 is 19.1 Å². The first-order chi connectivity index (χ1) is 8.46. The van der Waals surface area contributed by atoms with Crippen molar-refractivity contribution in [2.24, 2.45) is 0 Å². The van der Waals surface area contributed by atoms with Crippen LogP contribution in [0.4, 0.5) is 4.79 Å². The summed E-state index contributed by atoms with van der Waals surface area (Å²) < 4.78 is 10.9. The molecule has 1 saturated heterocycles. The fraction of sp³-hybridized carbons (Fsp3) is 0.846. The van der Waals surface area contributed by atoms with E-state index >= 15 is 0 Å². The number of amides is 2. The standard InChI is InChI=1S/C13H24N2O4/c1-12(2,3)19-11(17)15-9(10(16)14(6)7)8-18-13(15,4)5/h9H,8H2,1-7H3/t9-/m0/s1. The maximum atomic E-state index is 12.3. The lowest BCUT2D eigenvalue weighted by atomic mass is 10.2. The fourth-order valence-electron chi connectivity index (χ4n) is 1.94. The minimum absolute atomic E-state index is 0.170. The third-order valence-corrected chi connectivity index (χ3v) is 2.80. The van der Waals surface area contributed by atoms with Gasteiger partial charge >= 0.3 is 6.09 Å². The summed E-state index contributed by atoms with van der Waals surface area (Å²) >= 11 is 0. The van der Waals surface area contributed by atoms with Gasteiger partial charge in [-0.15, -0.1) is 0 Å². The van der Waals surface area contributed by atoms with Crippen LogP contribution in [0.3, 0.4) is 0 Å². The highest BCUT2D eigenvalue weighted by molar-refractivity contribution is 5.86. The minimum atomic E-state index is -0.849. The third kappa shape index (κ3) is 3.59. The molecule has 19 heavy (non-hydrogen) atoms. The molecular formula is C13H24N2O4. The van der Waals surface area contributed by atoms with Crippen LogP contribution >= 0.6 is 0 Å². The maximum absolute atomic E-state index is 12.3. The molecule has 0 bridgehead atoms. The minimum Gasteiger partial charge on any atom is -0.444 e. The summed E-state index contributed by atoms with van der Waals surface area (Å²) in [7, 11) is 3.31. The highest BCUT2D eigenvalue weighted by atomic mass is 16.6. The van der Waals surface area contributed by atoms with Gasteiger partial charge < -0.3 is 14.4 Å². The van der Waals surface area contributed by atoms with E-state index in [0.717, 1.165) is 0 Å². The lowest BCUT2D eigenvalue weighted by Crippen LogP contribution is -2.54. The van der Waals surface area contributed by atoms with E-state index in [9.17, 15) is 9.59 Å². The number of carbonyl (C=O) groups is 2. The second kappa shape index (κ2) is 5.00. The molecule has 0 aromatic carbocycles. The van der Waals surface area contributed by atoms with E-state index in [2.05, 4.69) is 0 Å². The Morgan fingerprint density at radius 2 is 1.84 bits per heavy atom. The number of hydrogen-bond donors (Lipinski definition) is 0. The summed E-state index contributed by atoms with van der Waals surface area (Å²) in [4.78, 5) is 27.2. The van der Waals surface area contributed by atoms with Crippen molar-refractivity contribution in [1.29, 1.82) is 0 Å². The van der Waals surface area contributed by atoms with Crippen LogP contribution in [-0.4, -0.2) is 59.9 Å². The Bertz CT molecular complexity index is 371. The van der Waals surface area contributed by atoms with Gasteiger partial charge in [-0.3, -0.25) is 9.69 Å². The molecule has 0 radical (unpaired) electrons. The van der Waals surface area contributed by atoms with Gasteiger partial charge in [-0.2, -0.15) is 0 Å². The Hall–Kier alpha value is -1.30. The SMILES string of the molecule is CN(C)C(=O)[C@@H]1COC(C)(C)N1C(=O)OC(C)(C)C. The largest absolute Gasteiger partial charge is 0.444 e. The van der Waals surface area contributed by atoms with E-state index in [1.807, 2.05) is 0 Å². The average Bonchev–Trinajstić information content (AvgIpc) is 2.50. The number of nitrogens with zero attached hydrogens (tertiary/aromatic N) is 2. The van der Waals surface area contributed by atoms with Crippen molar-refractivity contribution in [3.05, 3.63) is 0 Å². The van der Waals surface area contributed by atoms with E-state index in [1.165, 1.54) is 9.80 Å². The molecule has 1 rings (SSSR count). The number of rotatable bonds is 1. The predicted octanol–water partition coefficient (Wildman–Crippen LogP) is 1.45. The average molecular weight is 272 g/mol. The van der Waals surface area contributed by atoms with Gasteiger partial charge in [0.1, 0.15) is 17.4 Å². The monoisotopic (exact) mass is 272 g/mol. The molecule has 0 unspecified atom stereocenters. The smallest absolute Gasteiger partial charge is 0.413 e. The molecule has 1 atom stereocenters. The van der Waals surface area contributed by atoms with E-state index < -0.39 is 23.5 Å². The van der Waals surface area contributed by atoms with E-state index in [0.29, 0.717) is 0 Å². The lowest BCUT2D eigenvalue weighted by molar-refractivity contribution is -0.134. The zero-order chi connectivity index (χ0) is 15.0. The van der Waals surface area contributed by atoms with Crippen LogP contribution in [0.25, 0.3) is 0 Å². The summed E-state index contributed by atoms with van der Waals surface area (Å²) in [5, 5.41) is 0. The Morgan fingerprint density at radius 1 is 1.32 bits per heavy atom. The van der Waals surface area contributed by atoms with Crippen molar-refractivity contribution in [1.82, 2.24) is 9.80 Å². The molecule has 2 amide bonds. The van der Waals surface area contributed by atoms with E-state index in [4.69, 9.17) is 9.47 Å². The van der Waals surface area contributed by atoms with Gasteiger partial charge in [-0.05, 0) is 34.6 Å². The zero-order valence-electron chi connectivity index (χ0n) is 12.8. The molecule has 0 spiro atoms. The van der Waals surface area contributed by atoms with Crippen LogP contribution in [0.2, 0.25) is 0 Å². The molecule has 0 aromatic heterocycles. The highest BCUT2D eigenvalue weighted by Crippen LogP contribution is 2.30. The first-order valence-corrected chi connectivity index (χ1v) is 6.33. The summed E-state index contributed by atoms with van der Waals surface area (Å²) in [5.41, 5.74) is -1.46. The number of carbonyl (C=O) groups excluding carboxylic acids is 2. The second-order valence-corrected chi connectivity index (χ2v) is 6.36. The van der Waals surface area contributed by atoms with Crippen molar-refractivity contribution in [3.63, 3.8) is 0 Å². The maximum Gasteiger partial charge on any atom is 0.413 e. The van der Waals surface area contributed by atoms with Gasteiger partial charge in [-0.25, -0.2) is 4.79 Å². The van der Waals surface area contributed by atoms with Crippen LogP contribution in [0.1, 0.15) is 34.6 Å². The topological polar surface area (TPSA) is 59.1 Å². The van der Waals surface area contributed by atoms with Gasteiger partial charge in [0, 0.05) is 14.1 Å². The summed E-state index contributed by atoms with van der Waals surface area (Å²) in [6.07, 6.45) is -0.532. The summed E-state index contributed by atoms with van der Waals surface area (Å²) in [6, 6.07) is -0.639. The first-order valence-electron chi connectivity index (χ1n) is 6.33. The van der Waals surface area contributed by atoms with Gasteiger partial charge in [0.15, 0.2) is 0 Å². The van der Waals surface area contributed by atoms with Crippen molar-refractivity contribution in [2.75, 3.05) is 20.7 Å². The molecule has 1 aliphatic heterocycles. The molecule has 0 N–H and O–H groups in total. The molecule has 1 aliphatic rings. The van der Waals surface area contributed by atoms with Gasteiger partial charge in [0.2, 0.25) is 5.91 Å². The van der Waals surface area contributed by atoms with Crippen LogP contribution in [0, 0.1) is 0 Å². The number of ether oxygens (including phenoxy) is 2. The van der Waals surface area contributed by atoms with Gasteiger partial charge in [0.25, 0.3) is 0 Å². The molecule has 6 nitrogen and oxygen atoms in total. The van der Waals surface area contributed by atoms with E-state index in [1.54, 1.807) is 48.7 Å². The zero-order valence-corrected chi connectivity index (χ0v) is 12.8. The van der Waals surface area contributed by atoms with Gasteiger partial charge in [0.05, 0.1) is 6.61 Å². The lowest BCUT2D eigenvalue weighted by Gasteiger charge is -2.35. The highest BCUT2D eigenvalue weighted by Gasteiger charge is 2.49. The third-order valence-electron chi connectivity index (χ3n) is 2.80. The van der Waals surface area contributed by atoms with Crippen molar-refractivity contribution >= 4 is 12.0 Å². The van der Waals surface area contributed by atoms with Crippen molar-refractivity contribution in [3.8, 4) is 0 Å². The molecule has 0 saturated carbocycles. The molecule has 110 valence electrons. The Kier molecular flexibility index (Phi) is 4.14. The van der Waals surface area contributed by atoms with E-state index in [-0.39, 0.29) is 12.5 Å². The molecular weight excluding hydrogens is 248 g/mol. The number of hydrogen-bond acceptors (Lipinski definition) is 4. The predicted molar refractivity (Wildman–Crippen MR) is 70.6 cm³/mol. The molecule has 0 aromatic rings. The van der Waals surface area contributed by atoms with Gasteiger partial charge in [-0.1, -0.05) is 0 Å². The second-order valence-electron chi connectivity index (χ2n) is 6.36. The van der Waals surface area contributed by atoms with Crippen LogP contribution in [0.5, 0.6) is 0 Å². The number of likely N-dealkylation sites (N-methyl/N-ethyl adjacent to an activating group) is 1. The first kappa shape index (κ1) is 15.8. The van der Waals surface area contributed by atoms with Crippen LogP contribution in [-0.2, 0) is 14.3 Å². The molecule has 6 heteroatoms. The summed E-state index contributed by atoms with van der Waals surface area (Å²) in [6.45, 7) is 9.05. The quantitative estimate of drug-likeness (QED) is 0.725. The fourth-order valence-corrected chi connectivity index (χ4v) is 1.94. The summed E-state index contributed by atoms with van der Waals surface area (Å²) in [5.74, 6) is -0.170. The molecule has 1 heterocycles. The Morgan fingerprint density at radius 3 is 2.26 bits per heavy atom. The van der Waals surface area contributed by atoms with Crippen LogP contribution in [0.15, 0.2) is 0 Å². The molecule has 0 aliphatic carbocycles. The Balaban J connectivity index is 2.96. The van der Waals surface area contributed by atoms with Crippen LogP contribution < -0.4 is 0 Å². The molecule has 1 fully saturated rings. The normalized spacial score (nSPS) is 22.3. The van der Waals surface area contributed by atoms with Crippen molar-refractivity contribution in [2.45, 2.75) is 52.0 Å².